The molecule has 1 atom stereocenters. The molecule has 0 radical (unpaired) electrons. The number of aliphatic hydroxyl groups excluding tert-OH is 1. The second kappa shape index (κ2) is 8.29. The summed E-state index contributed by atoms with van der Waals surface area (Å²) in [6.45, 7) is 3.73. The molecular weight excluding hydrogens is 308 g/mol. The molecule has 1 N–H and O–H groups in total. The number of amides is 1. The van der Waals surface area contributed by atoms with Gasteiger partial charge in [0.05, 0.1) is 24.8 Å². The van der Waals surface area contributed by atoms with Gasteiger partial charge in [-0.2, -0.15) is 0 Å². The van der Waals surface area contributed by atoms with Gasteiger partial charge in [-0.15, -0.1) is 0 Å². The maximum Gasteiger partial charge on any atom is 0.325 e. The SMILES string of the molecule is CCOC(=O)CN1CC(O)=C(C=NC(C)Cc2ccccc2)C1=O. The molecule has 1 amide bonds. The molecule has 0 fully saturated rings. The van der Waals surface area contributed by atoms with Crippen LogP contribution in [-0.4, -0.2) is 53.8 Å². The zero-order valence-electron chi connectivity index (χ0n) is 13.9. The van der Waals surface area contributed by atoms with Crippen molar-refractivity contribution in [1.29, 1.82) is 0 Å². The van der Waals surface area contributed by atoms with Crippen LogP contribution in [0.2, 0.25) is 0 Å². The van der Waals surface area contributed by atoms with E-state index in [1.165, 1.54) is 11.1 Å². The minimum Gasteiger partial charge on any atom is -0.510 e. The lowest BCUT2D eigenvalue weighted by Crippen LogP contribution is -2.34. The van der Waals surface area contributed by atoms with Gasteiger partial charge in [0, 0.05) is 6.21 Å². The third-order valence-corrected chi connectivity index (χ3v) is 3.63. The Balaban J connectivity index is 1.94. The molecular formula is C18H22N2O4. The standard InChI is InChI=1S/C18H22N2O4/c1-3-24-17(22)12-20-11-16(21)15(18(20)23)10-19-13(2)9-14-7-5-4-6-8-14/h4-8,10,13,21H,3,9,11-12H2,1-2H3. The Hall–Kier alpha value is -2.63. The van der Waals surface area contributed by atoms with Gasteiger partial charge < -0.3 is 14.7 Å². The minimum atomic E-state index is -0.491. The number of ether oxygens (including phenoxy) is 1. The fraction of sp³-hybridized carbons (Fsp3) is 0.389. The smallest absolute Gasteiger partial charge is 0.325 e. The van der Waals surface area contributed by atoms with Crippen LogP contribution in [-0.2, 0) is 20.7 Å². The molecule has 1 aromatic rings. The van der Waals surface area contributed by atoms with Gasteiger partial charge in [0.15, 0.2) is 0 Å². The fourth-order valence-corrected chi connectivity index (χ4v) is 2.46. The van der Waals surface area contributed by atoms with Crippen molar-refractivity contribution < 1.29 is 19.4 Å². The van der Waals surface area contributed by atoms with Crippen LogP contribution in [0.25, 0.3) is 0 Å². The number of rotatable bonds is 7. The second-order valence-electron chi connectivity index (χ2n) is 5.64. The molecule has 1 heterocycles. The van der Waals surface area contributed by atoms with Crippen LogP contribution in [0.4, 0.5) is 0 Å². The average Bonchev–Trinajstić information content (AvgIpc) is 2.80. The average molecular weight is 330 g/mol. The summed E-state index contributed by atoms with van der Waals surface area (Å²) in [5, 5.41) is 9.95. The molecule has 128 valence electrons. The highest BCUT2D eigenvalue weighted by Crippen LogP contribution is 2.16. The highest BCUT2D eigenvalue weighted by molar-refractivity contribution is 6.14. The lowest BCUT2D eigenvalue weighted by Gasteiger charge is -2.14. The maximum atomic E-state index is 12.2. The van der Waals surface area contributed by atoms with Gasteiger partial charge in [-0.05, 0) is 25.8 Å². The summed E-state index contributed by atoms with van der Waals surface area (Å²) in [7, 11) is 0. The lowest BCUT2D eigenvalue weighted by atomic mass is 10.1. The van der Waals surface area contributed by atoms with Crippen molar-refractivity contribution >= 4 is 18.1 Å². The number of aliphatic imine (C=N–C) groups is 1. The number of nitrogens with zero attached hydrogens (tertiary/aromatic N) is 2. The van der Waals surface area contributed by atoms with Crippen LogP contribution >= 0.6 is 0 Å². The first-order valence-electron chi connectivity index (χ1n) is 7.95. The fourth-order valence-electron chi connectivity index (χ4n) is 2.46. The Morgan fingerprint density at radius 3 is 2.79 bits per heavy atom. The van der Waals surface area contributed by atoms with E-state index in [2.05, 4.69) is 4.99 Å². The second-order valence-corrected chi connectivity index (χ2v) is 5.64. The van der Waals surface area contributed by atoms with Crippen LogP contribution in [0.3, 0.4) is 0 Å². The van der Waals surface area contributed by atoms with Crippen LogP contribution < -0.4 is 0 Å². The van der Waals surface area contributed by atoms with E-state index in [0.717, 1.165) is 12.0 Å². The molecule has 0 saturated heterocycles. The van der Waals surface area contributed by atoms with Crippen molar-refractivity contribution in [3.63, 3.8) is 0 Å². The molecule has 6 heteroatoms. The lowest BCUT2D eigenvalue weighted by molar-refractivity contribution is -0.147. The summed E-state index contributed by atoms with van der Waals surface area (Å²) in [4.78, 5) is 29.3. The van der Waals surface area contributed by atoms with E-state index in [4.69, 9.17) is 4.74 Å². The third-order valence-electron chi connectivity index (χ3n) is 3.63. The summed E-state index contributed by atoms with van der Waals surface area (Å²) in [5.74, 6) is -0.967. The summed E-state index contributed by atoms with van der Waals surface area (Å²) >= 11 is 0. The van der Waals surface area contributed by atoms with Crippen molar-refractivity contribution in [2.75, 3.05) is 19.7 Å². The zero-order valence-corrected chi connectivity index (χ0v) is 13.9. The van der Waals surface area contributed by atoms with E-state index in [9.17, 15) is 14.7 Å². The normalized spacial score (nSPS) is 16.1. The zero-order chi connectivity index (χ0) is 17.5. The minimum absolute atomic E-state index is 0.00602. The Kier molecular flexibility index (Phi) is 6.12. The van der Waals surface area contributed by atoms with Crippen LogP contribution in [0.15, 0.2) is 46.7 Å². The van der Waals surface area contributed by atoms with E-state index in [1.807, 2.05) is 37.3 Å². The number of hydrogen-bond acceptors (Lipinski definition) is 5. The van der Waals surface area contributed by atoms with Crippen LogP contribution in [0.1, 0.15) is 19.4 Å². The number of benzene rings is 1. The van der Waals surface area contributed by atoms with Crippen LogP contribution in [0.5, 0.6) is 0 Å². The Morgan fingerprint density at radius 1 is 1.42 bits per heavy atom. The highest BCUT2D eigenvalue weighted by Gasteiger charge is 2.31. The number of aliphatic hydroxyl groups is 1. The molecule has 1 aliphatic rings. The van der Waals surface area contributed by atoms with Crippen molar-refractivity contribution in [2.24, 2.45) is 4.99 Å². The first kappa shape index (κ1) is 17.7. The molecule has 1 unspecified atom stereocenters. The van der Waals surface area contributed by atoms with Gasteiger partial charge >= 0.3 is 5.97 Å². The molecule has 1 aliphatic heterocycles. The maximum absolute atomic E-state index is 12.2. The monoisotopic (exact) mass is 330 g/mol. The van der Waals surface area contributed by atoms with Gasteiger partial charge in [0.2, 0.25) is 0 Å². The summed E-state index contributed by atoms with van der Waals surface area (Å²) in [5.41, 5.74) is 1.29. The highest BCUT2D eigenvalue weighted by atomic mass is 16.5. The molecule has 6 nitrogen and oxygen atoms in total. The summed E-state index contributed by atoms with van der Waals surface area (Å²) in [6.07, 6.45) is 2.14. The van der Waals surface area contributed by atoms with Crippen molar-refractivity contribution in [3.05, 3.63) is 47.2 Å². The Bertz CT molecular complexity index is 652. The topological polar surface area (TPSA) is 79.2 Å². The summed E-state index contributed by atoms with van der Waals surface area (Å²) in [6, 6.07) is 9.89. The van der Waals surface area contributed by atoms with E-state index >= 15 is 0 Å². The largest absolute Gasteiger partial charge is 0.510 e. The molecule has 0 spiro atoms. The molecule has 2 rings (SSSR count). The predicted octanol–water partition coefficient (Wildman–Crippen LogP) is 1.91. The van der Waals surface area contributed by atoms with Crippen molar-refractivity contribution in [3.8, 4) is 0 Å². The van der Waals surface area contributed by atoms with Gasteiger partial charge in [0.25, 0.3) is 5.91 Å². The molecule has 0 bridgehead atoms. The van der Waals surface area contributed by atoms with E-state index in [-0.39, 0.29) is 37.1 Å². The van der Waals surface area contributed by atoms with Crippen molar-refractivity contribution in [2.45, 2.75) is 26.3 Å². The number of carbonyl (C=O) groups is 2. The van der Waals surface area contributed by atoms with E-state index in [1.54, 1.807) is 6.92 Å². The molecule has 0 aromatic heterocycles. The van der Waals surface area contributed by atoms with Gasteiger partial charge in [-0.1, -0.05) is 30.3 Å². The molecule has 24 heavy (non-hydrogen) atoms. The Morgan fingerprint density at radius 2 is 2.12 bits per heavy atom. The Labute approximate surface area is 141 Å². The summed E-state index contributed by atoms with van der Waals surface area (Å²) < 4.78 is 4.82. The molecule has 1 aromatic carbocycles. The molecule has 0 saturated carbocycles. The van der Waals surface area contributed by atoms with Gasteiger partial charge in [-0.3, -0.25) is 14.6 Å². The third kappa shape index (κ3) is 4.68. The predicted molar refractivity (Wildman–Crippen MR) is 91.0 cm³/mol. The van der Waals surface area contributed by atoms with Gasteiger partial charge in [0.1, 0.15) is 12.3 Å². The van der Waals surface area contributed by atoms with E-state index < -0.39 is 11.9 Å². The first-order valence-corrected chi connectivity index (χ1v) is 7.95. The quantitative estimate of drug-likeness (QED) is 0.612. The number of carbonyl (C=O) groups excluding carboxylic acids is 2. The van der Waals surface area contributed by atoms with E-state index in [0.29, 0.717) is 0 Å². The van der Waals surface area contributed by atoms with Crippen LogP contribution in [0, 0.1) is 0 Å². The number of hydrogen-bond donors (Lipinski definition) is 1. The van der Waals surface area contributed by atoms with Gasteiger partial charge in [-0.25, -0.2) is 0 Å². The van der Waals surface area contributed by atoms with Crippen molar-refractivity contribution in [1.82, 2.24) is 4.90 Å². The number of esters is 1. The first-order chi connectivity index (χ1) is 11.5. The molecule has 0 aliphatic carbocycles.